The first kappa shape index (κ1) is 6.80. The Labute approximate surface area is 58.4 Å². The van der Waals surface area contributed by atoms with Crippen LogP contribution in [0.4, 0.5) is 0 Å². The van der Waals surface area contributed by atoms with Gasteiger partial charge in [0.1, 0.15) is 6.61 Å². The van der Waals surface area contributed by atoms with Crippen molar-refractivity contribution in [1.82, 2.24) is 9.55 Å². The number of carbonyl (C=O) groups excluding carboxylic acids is 1. The van der Waals surface area contributed by atoms with Gasteiger partial charge < -0.3 is 9.30 Å². The van der Waals surface area contributed by atoms with Crippen molar-refractivity contribution in [3.8, 4) is 6.01 Å². The zero-order chi connectivity index (χ0) is 7.40. The highest BCUT2D eigenvalue weighted by Crippen LogP contribution is 2.02. The van der Waals surface area contributed by atoms with Crippen LogP contribution >= 0.6 is 0 Å². The summed E-state index contributed by atoms with van der Waals surface area (Å²) in [6, 6.07) is 0.465. The summed E-state index contributed by atoms with van der Waals surface area (Å²) in [5.74, 6) is 0. The third-order valence-corrected chi connectivity index (χ3v) is 1.06. The van der Waals surface area contributed by atoms with Gasteiger partial charge in [-0.15, -0.1) is 0 Å². The minimum absolute atomic E-state index is 0.0604. The lowest BCUT2D eigenvalue weighted by Gasteiger charge is -1.98. The predicted octanol–water partition coefficient (Wildman–Crippen LogP) is -0.00220. The molecule has 0 bridgehead atoms. The fourth-order valence-electron chi connectivity index (χ4n) is 0.600. The highest BCUT2D eigenvalue weighted by Gasteiger charge is 1.96. The summed E-state index contributed by atoms with van der Waals surface area (Å²) in [7, 11) is 1.80. The third kappa shape index (κ3) is 1.34. The summed E-state index contributed by atoms with van der Waals surface area (Å²) < 4.78 is 6.61. The van der Waals surface area contributed by atoms with Gasteiger partial charge in [0.25, 0.3) is 6.01 Å². The van der Waals surface area contributed by atoms with Crippen molar-refractivity contribution in [1.29, 1.82) is 0 Å². The number of aromatic nitrogens is 2. The second-order valence-electron chi connectivity index (χ2n) is 1.80. The van der Waals surface area contributed by atoms with E-state index in [-0.39, 0.29) is 6.61 Å². The molecule has 0 unspecified atom stereocenters. The predicted molar refractivity (Wildman–Crippen MR) is 34.8 cm³/mol. The fourth-order valence-corrected chi connectivity index (χ4v) is 0.600. The van der Waals surface area contributed by atoms with E-state index in [2.05, 4.69) is 4.98 Å². The number of hydrogen-bond acceptors (Lipinski definition) is 3. The molecular formula is C6H8N2O2. The molecule has 0 spiro atoms. The Morgan fingerprint density at radius 1 is 1.90 bits per heavy atom. The maximum atomic E-state index is 9.85. The Hall–Kier alpha value is -1.32. The van der Waals surface area contributed by atoms with Crippen LogP contribution in [0, 0.1) is 0 Å². The van der Waals surface area contributed by atoms with Crippen LogP contribution in [-0.2, 0) is 11.8 Å². The molecule has 0 atom stereocenters. The average molecular weight is 140 g/mol. The number of imidazole rings is 1. The summed E-state index contributed by atoms with van der Waals surface area (Å²) in [6.45, 7) is 0.0604. The van der Waals surface area contributed by atoms with E-state index < -0.39 is 0 Å². The van der Waals surface area contributed by atoms with Crippen LogP contribution in [0.5, 0.6) is 6.01 Å². The van der Waals surface area contributed by atoms with Crippen molar-refractivity contribution in [2.75, 3.05) is 6.61 Å². The zero-order valence-corrected chi connectivity index (χ0v) is 5.65. The molecule has 0 saturated carbocycles. The second kappa shape index (κ2) is 3.00. The molecule has 1 heterocycles. The quantitative estimate of drug-likeness (QED) is 0.555. The molecule has 1 aromatic heterocycles. The molecule has 4 heteroatoms. The van der Waals surface area contributed by atoms with Crippen molar-refractivity contribution in [3.63, 3.8) is 0 Å². The number of rotatable bonds is 3. The molecule has 1 rings (SSSR count). The monoisotopic (exact) mass is 140 g/mol. The van der Waals surface area contributed by atoms with Gasteiger partial charge >= 0.3 is 0 Å². The first-order chi connectivity index (χ1) is 4.84. The minimum atomic E-state index is 0.0604. The van der Waals surface area contributed by atoms with Crippen LogP contribution in [0.2, 0.25) is 0 Å². The van der Waals surface area contributed by atoms with Gasteiger partial charge in [-0.1, -0.05) is 0 Å². The van der Waals surface area contributed by atoms with Crippen LogP contribution < -0.4 is 4.74 Å². The summed E-state index contributed by atoms with van der Waals surface area (Å²) in [5.41, 5.74) is 0. The minimum Gasteiger partial charge on any atom is -0.457 e. The molecule has 4 nitrogen and oxygen atoms in total. The Morgan fingerprint density at radius 2 is 2.70 bits per heavy atom. The van der Waals surface area contributed by atoms with Crippen LogP contribution in [0.1, 0.15) is 0 Å². The van der Waals surface area contributed by atoms with Crippen molar-refractivity contribution < 1.29 is 9.53 Å². The number of hydrogen-bond donors (Lipinski definition) is 0. The molecule has 10 heavy (non-hydrogen) atoms. The van der Waals surface area contributed by atoms with Gasteiger partial charge in [-0.05, 0) is 0 Å². The Bertz CT molecular complexity index is 219. The third-order valence-electron chi connectivity index (χ3n) is 1.06. The Morgan fingerprint density at radius 3 is 3.20 bits per heavy atom. The molecular weight excluding hydrogens is 132 g/mol. The number of aldehydes is 1. The van der Waals surface area contributed by atoms with Gasteiger partial charge in [-0.25, -0.2) is 4.98 Å². The van der Waals surface area contributed by atoms with E-state index in [9.17, 15) is 4.79 Å². The van der Waals surface area contributed by atoms with E-state index >= 15 is 0 Å². The normalized spacial score (nSPS) is 9.30. The van der Waals surface area contributed by atoms with Gasteiger partial charge in [-0.2, -0.15) is 0 Å². The second-order valence-corrected chi connectivity index (χ2v) is 1.80. The molecule has 0 aromatic carbocycles. The molecule has 0 saturated heterocycles. The highest BCUT2D eigenvalue weighted by atomic mass is 16.5. The van der Waals surface area contributed by atoms with Crippen LogP contribution in [0.25, 0.3) is 0 Å². The maximum Gasteiger partial charge on any atom is 0.296 e. The standard InChI is InChI=1S/C6H8N2O2/c1-8-3-2-7-6(8)10-5-4-9/h2-4H,5H2,1H3. The van der Waals surface area contributed by atoms with E-state index in [4.69, 9.17) is 4.74 Å². The van der Waals surface area contributed by atoms with Crippen molar-refractivity contribution in [3.05, 3.63) is 12.4 Å². The first-order valence-electron chi connectivity index (χ1n) is 2.88. The van der Waals surface area contributed by atoms with Crippen LogP contribution in [0.15, 0.2) is 12.4 Å². The van der Waals surface area contributed by atoms with E-state index in [0.717, 1.165) is 0 Å². The molecule has 0 aliphatic carbocycles. The molecule has 0 aliphatic rings. The van der Waals surface area contributed by atoms with Crippen LogP contribution in [-0.4, -0.2) is 22.4 Å². The van der Waals surface area contributed by atoms with Crippen LogP contribution in [0.3, 0.4) is 0 Å². The van der Waals surface area contributed by atoms with Gasteiger partial charge in [0.05, 0.1) is 0 Å². The highest BCUT2D eigenvalue weighted by molar-refractivity contribution is 5.51. The van der Waals surface area contributed by atoms with Gasteiger partial charge in [0.15, 0.2) is 6.29 Å². The lowest BCUT2D eigenvalue weighted by molar-refractivity contribution is -0.109. The van der Waals surface area contributed by atoms with E-state index in [0.29, 0.717) is 12.3 Å². The van der Waals surface area contributed by atoms with E-state index in [1.807, 2.05) is 0 Å². The number of aryl methyl sites for hydroxylation is 1. The number of nitrogens with zero attached hydrogens (tertiary/aromatic N) is 2. The van der Waals surface area contributed by atoms with E-state index in [1.165, 1.54) is 0 Å². The summed E-state index contributed by atoms with van der Waals surface area (Å²) in [4.78, 5) is 13.7. The van der Waals surface area contributed by atoms with Gasteiger partial charge in [0.2, 0.25) is 0 Å². The maximum absolute atomic E-state index is 9.85. The first-order valence-corrected chi connectivity index (χ1v) is 2.88. The van der Waals surface area contributed by atoms with Crippen molar-refractivity contribution in [2.24, 2.45) is 7.05 Å². The molecule has 0 amide bonds. The molecule has 0 fully saturated rings. The topological polar surface area (TPSA) is 44.1 Å². The summed E-state index contributed by atoms with van der Waals surface area (Å²) in [6.07, 6.45) is 4.05. The number of carbonyl (C=O) groups is 1. The molecule has 0 radical (unpaired) electrons. The Balaban J connectivity index is 2.56. The molecule has 0 aliphatic heterocycles. The largest absolute Gasteiger partial charge is 0.457 e. The lowest BCUT2D eigenvalue weighted by atomic mass is 10.8. The van der Waals surface area contributed by atoms with Gasteiger partial charge in [0, 0.05) is 19.4 Å². The van der Waals surface area contributed by atoms with Gasteiger partial charge in [-0.3, -0.25) is 4.79 Å². The Kier molecular flexibility index (Phi) is 2.04. The lowest BCUT2D eigenvalue weighted by Crippen LogP contribution is -2.02. The van der Waals surface area contributed by atoms with E-state index in [1.54, 1.807) is 24.0 Å². The zero-order valence-electron chi connectivity index (χ0n) is 5.65. The van der Waals surface area contributed by atoms with Crippen molar-refractivity contribution in [2.45, 2.75) is 0 Å². The fraction of sp³-hybridized carbons (Fsp3) is 0.333. The average Bonchev–Trinajstić information content (AvgIpc) is 2.31. The molecule has 0 N–H and O–H groups in total. The summed E-state index contributed by atoms with van der Waals surface area (Å²) >= 11 is 0. The van der Waals surface area contributed by atoms with Crippen molar-refractivity contribution >= 4 is 6.29 Å². The number of ether oxygens (including phenoxy) is 1. The SMILES string of the molecule is Cn1ccnc1OCC=O. The smallest absolute Gasteiger partial charge is 0.296 e. The molecule has 54 valence electrons. The molecule has 1 aromatic rings. The summed E-state index contributed by atoms with van der Waals surface area (Å²) in [5, 5.41) is 0.